The van der Waals surface area contributed by atoms with Crippen molar-refractivity contribution in [2.45, 2.75) is 26.4 Å². The van der Waals surface area contributed by atoms with Crippen LogP contribution in [0.3, 0.4) is 0 Å². The molecule has 0 atom stereocenters. The first-order chi connectivity index (χ1) is 13.4. The molecule has 0 fully saturated rings. The summed E-state index contributed by atoms with van der Waals surface area (Å²) in [5.74, 6) is 1.94. The molecule has 0 aliphatic carbocycles. The van der Waals surface area contributed by atoms with Crippen molar-refractivity contribution in [3.63, 3.8) is 0 Å². The third kappa shape index (κ3) is 5.45. The number of carbonyl (C=O) groups is 1. The SMILES string of the molecule is COc1ccc(CCNC(=O)c2cc(Cl)c(OC(C)C)c(OC)c2)cc1OC. The lowest BCUT2D eigenvalue weighted by atomic mass is 10.1. The molecule has 2 aromatic rings. The maximum absolute atomic E-state index is 12.5. The molecule has 0 saturated heterocycles. The van der Waals surface area contributed by atoms with E-state index in [4.69, 9.17) is 30.5 Å². The summed E-state index contributed by atoms with van der Waals surface area (Å²) < 4.78 is 21.5. The zero-order chi connectivity index (χ0) is 20.7. The first-order valence-corrected chi connectivity index (χ1v) is 9.30. The fourth-order valence-electron chi connectivity index (χ4n) is 2.66. The minimum absolute atomic E-state index is 0.0624. The highest BCUT2D eigenvalue weighted by molar-refractivity contribution is 6.32. The second-order valence-corrected chi connectivity index (χ2v) is 6.76. The Morgan fingerprint density at radius 2 is 1.68 bits per heavy atom. The van der Waals surface area contributed by atoms with E-state index in [2.05, 4.69) is 5.32 Å². The van der Waals surface area contributed by atoms with Crippen LogP contribution in [0.2, 0.25) is 5.02 Å². The highest BCUT2D eigenvalue weighted by atomic mass is 35.5. The summed E-state index contributed by atoms with van der Waals surface area (Å²) in [6.07, 6.45) is 0.582. The molecule has 6 nitrogen and oxygen atoms in total. The van der Waals surface area contributed by atoms with E-state index in [-0.39, 0.29) is 12.0 Å². The van der Waals surface area contributed by atoms with Crippen LogP contribution in [0.1, 0.15) is 29.8 Å². The Hall–Kier alpha value is -2.60. The second kappa shape index (κ2) is 10.1. The molecule has 2 aromatic carbocycles. The van der Waals surface area contributed by atoms with E-state index in [1.807, 2.05) is 32.0 Å². The standard InChI is InChI=1S/C21H26ClNO5/c1-13(2)28-20-16(22)11-15(12-19(20)27-5)21(24)23-9-8-14-6-7-17(25-3)18(10-14)26-4/h6-7,10-13H,8-9H2,1-5H3,(H,23,24). The molecular formula is C21H26ClNO5. The quantitative estimate of drug-likeness (QED) is 0.677. The number of benzene rings is 2. The van der Waals surface area contributed by atoms with Gasteiger partial charge < -0.3 is 24.3 Å². The van der Waals surface area contributed by atoms with E-state index in [1.54, 1.807) is 26.4 Å². The fraction of sp³-hybridized carbons (Fsp3) is 0.381. The molecule has 1 amide bonds. The molecule has 0 saturated carbocycles. The van der Waals surface area contributed by atoms with Gasteiger partial charge in [-0.2, -0.15) is 0 Å². The molecule has 0 unspecified atom stereocenters. The Morgan fingerprint density at radius 3 is 2.29 bits per heavy atom. The van der Waals surface area contributed by atoms with Gasteiger partial charge in [0.15, 0.2) is 23.0 Å². The molecule has 0 radical (unpaired) electrons. The molecular weight excluding hydrogens is 382 g/mol. The van der Waals surface area contributed by atoms with Gasteiger partial charge in [0, 0.05) is 12.1 Å². The van der Waals surface area contributed by atoms with Gasteiger partial charge in [-0.25, -0.2) is 0 Å². The lowest BCUT2D eigenvalue weighted by molar-refractivity contribution is 0.0953. The van der Waals surface area contributed by atoms with Gasteiger partial charge in [0.1, 0.15) is 0 Å². The first-order valence-electron chi connectivity index (χ1n) is 8.92. The number of nitrogens with one attached hydrogen (secondary N) is 1. The summed E-state index contributed by atoms with van der Waals surface area (Å²) in [7, 11) is 4.69. The van der Waals surface area contributed by atoms with E-state index >= 15 is 0 Å². The van der Waals surface area contributed by atoms with Crippen LogP contribution in [-0.2, 0) is 6.42 Å². The number of hydrogen-bond acceptors (Lipinski definition) is 5. The van der Waals surface area contributed by atoms with E-state index in [9.17, 15) is 4.79 Å². The zero-order valence-electron chi connectivity index (χ0n) is 16.8. The van der Waals surface area contributed by atoms with Gasteiger partial charge in [-0.1, -0.05) is 17.7 Å². The maximum Gasteiger partial charge on any atom is 0.251 e. The minimum Gasteiger partial charge on any atom is -0.493 e. The monoisotopic (exact) mass is 407 g/mol. The molecule has 0 spiro atoms. The van der Waals surface area contributed by atoms with E-state index in [1.165, 1.54) is 7.11 Å². The molecule has 0 heterocycles. The van der Waals surface area contributed by atoms with Crippen molar-refractivity contribution < 1.29 is 23.7 Å². The van der Waals surface area contributed by atoms with Crippen LogP contribution in [0.25, 0.3) is 0 Å². The van der Waals surface area contributed by atoms with Crippen molar-refractivity contribution in [3.05, 3.63) is 46.5 Å². The third-order valence-corrected chi connectivity index (χ3v) is 4.27. The van der Waals surface area contributed by atoms with Gasteiger partial charge in [0.2, 0.25) is 0 Å². The summed E-state index contributed by atoms with van der Waals surface area (Å²) in [6.45, 7) is 4.24. The summed E-state index contributed by atoms with van der Waals surface area (Å²) in [4.78, 5) is 12.5. The summed E-state index contributed by atoms with van der Waals surface area (Å²) in [5.41, 5.74) is 1.43. The molecule has 7 heteroatoms. The predicted octanol–water partition coefficient (Wildman–Crippen LogP) is 4.13. The number of halogens is 1. The Kier molecular flexibility index (Phi) is 7.81. The molecule has 0 aliphatic rings. The highest BCUT2D eigenvalue weighted by Gasteiger charge is 2.17. The molecule has 1 N–H and O–H groups in total. The maximum atomic E-state index is 12.5. The normalized spacial score (nSPS) is 10.5. The Bertz CT molecular complexity index is 823. The van der Waals surface area contributed by atoms with E-state index in [0.29, 0.717) is 46.5 Å². The summed E-state index contributed by atoms with van der Waals surface area (Å²) >= 11 is 6.28. The van der Waals surface area contributed by atoms with Crippen LogP contribution in [0.4, 0.5) is 0 Å². The fourth-order valence-corrected chi connectivity index (χ4v) is 2.91. The molecule has 152 valence electrons. The van der Waals surface area contributed by atoms with Crippen molar-refractivity contribution in [3.8, 4) is 23.0 Å². The Morgan fingerprint density at radius 1 is 1.00 bits per heavy atom. The number of methoxy groups -OCH3 is 3. The predicted molar refractivity (Wildman–Crippen MR) is 109 cm³/mol. The van der Waals surface area contributed by atoms with Crippen LogP contribution in [-0.4, -0.2) is 39.9 Å². The number of amides is 1. The molecule has 0 bridgehead atoms. The van der Waals surface area contributed by atoms with Crippen LogP contribution >= 0.6 is 11.6 Å². The topological polar surface area (TPSA) is 66.0 Å². The molecule has 0 aromatic heterocycles. The van der Waals surface area contributed by atoms with Crippen molar-refractivity contribution >= 4 is 17.5 Å². The van der Waals surface area contributed by atoms with Gasteiger partial charge in [-0.3, -0.25) is 4.79 Å². The van der Waals surface area contributed by atoms with E-state index in [0.717, 1.165) is 5.56 Å². The average molecular weight is 408 g/mol. The van der Waals surface area contributed by atoms with Gasteiger partial charge in [0.25, 0.3) is 5.91 Å². The Balaban J connectivity index is 2.04. The van der Waals surface area contributed by atoms with Crippen molar-refractivity contribution in [1.29, 1.82) is 0 Å². The van der Waals surface area contributed by atoms with Crippen LogP contribution in [0, 0.1) is 0 Å². The van der Waals surface area contributed by atoms with Crippen LogP contribution in [0.15, 0.2) is 30.3 Å². The highest BCUT2D eigenvalue weighted by Crippen LogP contribution is 2.37. The summed E-state index contributed by atoms with van der Waals surface area (Å²) in [5, 5.41) is 3.22. The van der Waals surface area contributed by atoms with Crippen LogP contribution in [0.5, 0.6) is 23.0 Å². The number of hydrogen-bond donors (Lipinski definition) is 1. The van der Waals surface area contributed by atoms with Gasteiger partial charge in [0.05, 0.1) is 32.5 Å². The smallest absolute Gasteiger partial charge is 0.251 e. The lowest BCUT2D eigenvalue weighted by Crippen LogP contribution is -2.25. The Labute approximate surface area is 170 Å². The van der Waals surface area contributed by atoms with Crippen molar-refractivity contribution in [1.82, 2.24) is 5.32 Å². The minimum atomic E-state index is -0.239. The third-order valence-electron chi connectivity index (χ3n) is 3.99. The molecule has 2 rings (SSSR count). The van der Waals surface area contributed by atoms with Crippen molar-refractivity contribution in [2.24, 2.45) is 0 Å². The first kappa shape index (κ1) is 21.7. The van der Waals surface area contributed by atoms with E-state index < -0.39 is 0 Å². The molecule has 0 aliphatic heterocycles. The van der Waals surface area contributed by atoms with Crippen molar-refractivity contribution in [2.75, 3.05) is 27.9 Å². The number of ether oxygens (including phenoxy) is 4. The number of carbonyl (C=O) groups excluding carboxylic acids is 1. The molecule has 28 heavy (non-hydrogen) atoms. The average Bonchev–Trinajstić information content (AvgIpc) is 2.68. The lowest BCUT2D eigenvalue weighted by Gasteiger charge is -2.16. The van der Waals surface area contributed by atoms with Crippen LogP contribution < -0.4 is 24.3 Å². The zero-order valence-corrected chi connectivity index (χ0v) is 17.6. The summed E-state index contributed by atoms with van der Waals surface area (Å²) in [6, 6.07) is 8.87. The van der Waals surface area contributed by atoms with Gasteiger partial charge in [-0.15, -0.1) is 0 Å². The van der Waals surface area contributed by atoms with Gasteiger partial charge >= 0.3 is 0 Å². The van der Waals surface area contributed by atoms with Gasteiger partial charge in [-0.05, 0) is 50.1 Å². The number of rotatable bonds is 9. The largest absolute Gasteiger partial charge is 0.493 e. The second-order valence-electron chi connectivity index (χ2n) is 6.35.